The molecule has 0 aliphatic carbocycles. The summed E-state index contributed by atoms with van der Waals surface area (Å²) in [7, 11) is -2.98. The summed E-state index contributed by atoms with van der Waals surface area (Å²) in [5, 5.41) is 2.90. The van der Waals surface area contributed by atoms with Gasteiger partial charge >= 0.3 is 0 Å². The number of anilines is 1. The van der Waals surface area contributed by atoms with Gasteiger partial charge in [0.25, 0.3) is 5.91 Å². The van der Waals surface area contributed by atoms with E-state index in [9.17, 15) is 13.2 Å². The van der Waals surface area contributed by atoms with E-state index in [1.807, 2.05) is 25.7 Å². The van der Waals surface area contributed by atoms with E-state index in [1.165, 1.54) is 0 Å². The lowest BCUT2D eigenvalue weighted by Crippen LogP contribution is -2.37. The molecule has 1 N–H and O–H groups in total. The van der Waals surface area contributed by atoms with Crippen LogP contribution in [0.2, 0.25) is 0 Å². The molecule has 1 aliphatic heterocycles. The maximum absolute atomic E-state index is 12.3. The van der Waals surface area contributed by atoms with E-state index < -0.39 is 9.84 Å². The largest absolute Gasteiger partial charge is 0.353 e. The summed E-state index contributed by atoms with van der Waals surface area (Å²) in [4.78, 5) is 22.9. The van der Waals surface area contributed by atoms with Crippen LogP contribution in [0.15, 0.2) is 6.07 Å². The van der Waals surface area contributed by atoms with E-state index in [1.54, 1.807) is 13.0 Å². The van der Waals surface area contributed by atoms with Gasteiger partial charge < -0.3 is 10.2 Å². The number of nitrogens with one attached hydrogen (secondary N) is 1. The summed E-state index contributed by atoms with van der Waals surface area (Å²) in [6.07, 6.45) is 1.43. The average molecular weight is 354 g/mol. The minimum absolute atomic E-state index is 0.0680. The molecule has 2 rings (SSSR count). The van der Waals surface area contributed by atoms with Gasteiger partial charge in [0, 0.05) is 24.7 Å². The lowest BCUT2D eigenvalue weighted by atomic mass is 10.2. The summed E-state index contributed by atoms with van der Waals surface area (Å²) in [6, 6.07) is 1.62. The highest BCUT2D eigenvalue weighted by Gasteiger charge is 2.32. The van der Waals surface area contributed by atoms with Crippen molar-refractivity contribution in [2.75, 3.05) is 23.0 Å². The molecule has 1 amide bonds. The fourth-order valence-corrected chi connectivity index (χ4v) is 4.57. The van der Waals surface area contributed by atoms with Crippen molar-refractivity contribution in [3.8, 4) is 0 Å². The predicted octanol–water partition coefficient (Wildman–Crippen LogP) is 1.33. The second kappa shape index (κ2) is 7.46. The van der Waals surface area contributed by atoms with Crippen LogP contribution in [0.1, 0.15) is 49.9 Å². The lowest BCUT2D eigenvalue weighted by molar-refractivity contribution is 0.0934. The van der Waals surface area contributed by atoms with Gasteiger partial charge in [0.2, 0.25) is 0 Å². The predicted molar refractivity (Wildman–Crippen MR) is 94.1 cm³/mol. The summed E-state index contributed by atoms with van der Waals surface area (Å²) < 4.78 is 23.5. The number of hydrogen-bond acceptors (Lipinski definition) is 6. The third kappa shape index (κ3) is 4.43. The Morgan fingerprint density at radius 2 is 2.12 bits per heavy atom. The molecule has 2 unspecified atom stereocenters. The van der Waals surface area contributed by atoms with Crippen LogP contribution in [0.5, 0.6) is 0 Å². The van der Waals surface area contributed by atoms with Crippen molar-refractivity contribution in [3.63, 3.8) is 0 Å². The van der Waals surface area contributed by atoms with Crippen molar-refractivity contribution in [2.45, 2.75) is 52.6 Å². The van der Waals surface area contributed by atoms with Gasteiger partial charge in [-0.2, -0.15) is 0 Å². The first-order chi connectivity index (χ1) is 11.3. The maximum Gasteiger partial charge on any atom is 0.270 e. The smallest absolute Gasteiger partial charge is 0.270 e. The maximum atomic E-state index is 12.3. The molecular weight excluding hydrogens is 328 g/mol. The minimum Gasteiger partial charge on any atom is -0.353 e. The van der Waals surface area contributed by atoms with Gasteiger partial charge in [0.05, 0.1) is 11.5 Å². The molecule has 2 atom stereocenters. The molecule has 1 aliphatic rings. The number of nitrogens with zero attached hydrogens (tertiary/aromatic N) is 3. The molecule has 1 saturated heterocycles. The second-order valence-electron chi connectivity index (χ2n) is 6.28. The zero-order valence-electron chi connectivity index (χ0n) is 14.7. The molecule has 2 heterocycles. The van der Waals surface area contributed by atoms with E-state index in [4.69, 9.17) is 0 Å². The normalized spacial score (nSPS) is 20.6. The fourth-order valence-electron chi connectivity index (χ4n) is 2.84. The van der Waals surface area contributed by atoms with E-state index in [0.717, 1.165) is 6.42 Å². The van der Waals surface area contributed by atoms with Crippen LogP contribution in [0.3, 0.4) is 0 Å². The van der Waals surface area contributed by atoms with Crippen molar-refractivity contribution in [3.05, 3.63) is 17.6 Å². The second-order valence-corrected chi connectivity index (χ2v) is 8.51. The number of aryl methyl sites for hydroxylation is 1. The Morgan fingerprint density at radius 1 is 1.42 bits per heavy atom. The molecule has 0 spiro atoms. The van der Waals surface area contributed by atoms with Crippen LogP contribution in [-0.2, 0) is 9.84 Å². The van der Waals surface area contributed by atoms with Crippen LogP contribution >= 0.6 is 0 Å². The zero-order valence-corrected chi connectivity index (χ0v) is 15.6. The summed E-state index contributed by atoms with van der Waals surface area (Å²) in [6.45, 7) is 8.27. The molecule has 134 valence electrons. The SMILES string of the molecule is CCC(C)NC(=O)c1cc(N(CC)C2CCS(=O)(=O)C2)nc(C)n1. The van der Waals surface area contributed by atoms with Crippen molar-refractivity contribution < 1.29 is 13.2 Å². The van der Waals surface area contributed by atoms with Gasteiger partial charge in [-0.3, -0.25) is 4.79 Å². The molecule has 0 saturated carbocycles. The molecule has 1 aromatic heterocycles. The molecule has 0 radical (unpaired) electrons. The number of hydrogen-bond donors (Lipinski definition) is 1. The van der Waals surface area contributed by atoms with Crippen LogP contribution in [-0.4, -0.2) is 54.4 Å². The Morgan fingerprint density at radius 3 is 2.67 bits per heavy atom. The third-order valence-electron chi connectivity index (χ3n) is 4.33. The first-order valence-corrected chi connectivity index (χ1v) is 10.2. The number of amides is 1. The Balaban J connectivity index is 2.27. The topological polar surface area (TPSA) is 92.3 Å². The monoisotopic (exact) mass is 354 g/mol. The third-order valence-corrected chi connectivity index (χ3v) is 6.08. The summed E-state index contributed by atoms with van der Waals surface area (Å²) >= 11 is 0. The molecule has 24 heavy (non-hydrogen) atoms. The van der Waals surface area contributed by atoms with E-state index in [2.05, 4.69) is 15.3 Å². The van der Waals surface area contributed by atoms with Gasteiger partial charge in [-0.1, -0.05) is 6.92 Å². The zero-order chi connectivity index (χ0) is 17.9. The van der Waals surface area contributed by atoms with Crippen LogP contribution in [0.4, 0.5) is 5.82 Å². The quantitative estimate of drug-likeness (QED) is 0.828. The van der Waals surface area contributed by atoms with E-state index in [0.29, 0.717) is 30.3 Å². The summed E-state index contributed by atoms with van der Waals surface area (Å²) in [5.41, 5.74) is 0.317. The Kier molecular flexibility index (Phi) is 5.79. The molecular formula is C16H26N4O3S. The van der Waals surface area contributed by atoms with Gasteiger partial charge in [-0.25, -0.2) is 18.4 Å². The first kappa shape index (κ1) is 18.6. The van der Waals surface area contributed by atoms with Crippen molar-refractivity contribution in [2.24, 2.45) is 0 Å². The fraction of sp³-hybridized carbons (Fsp3) is 0.688. The van der Waals surface area contributed by atoms with Crippen molar-refractivity contribution >= 4 is 21.6 Å². The molecule has 0 aromatic carbocycles. The molecule has 7 nitrogen and oxygen atoms in total. The summed E-state index contributed by atoms with van der Waals surface area (Å²) in [5.74, 6) is 1.23. The Labute approximate surface area is 143 Å². The molecule has 1 fully saturated rings. The van der Waals surface area contributed by atoms with Gasteiger partial charge in [0.15, 0.2) is 9.84 Å². The highest BCUT2D eigenvalue weighted by atomic mass is 32.2. The highest BCUT2D eigenvalue weighted by Crippen LogP contribution is 2.23. The number of sulfone groups is 1. The standard InChI is InChI=1S/C16H26N4O3S/c1-5-11(3)17-16(21)14-9-15(19-12(4)18-14)20(6-2)13-7-8-24(22,23)10-13/h9,11,13H,5-8,10H2,1-4H3,(H,17,21). The van der Waals surface area contributed by atoms with Gasteiger partial charge in [-0.15, -0.1) is 0 Å². The number of carbonyl (C=O) groups is 1. The minimum atomic E-state index is -2.98. The van der Waals surface area contributed by atoms with E-state index >= 15 is 0 Å². The van der Waals surface area contributed by atoms with Gasteiger partial charge in [-0.05, 0) is 33.6 Å². The van der Waals surface area contributed by atoms with Crippen LogP contribution in [0.25, 0.3) is 0 Å². The molecule has 0 bridgehead atoms. The lowest BCUT2D eigenvalue weighted by Gasteiger charge is -2.28. The van der Waals surface area contributed by atoms with Crippen LogP contribution in [0, 0.1) is 6.92 Å². The highest BCUT2D eigenvalue weighted by molar-refractivity contribution is 7.91. The number of rotatable bonds is 6. The van der Waals surface area contributed by atoms with Crippen molar-refractivity contribution in [1.29, 1.82) is 0 Å². The van der Waals surface area contributed by atoms with E-state index in [-0.39, 0.29) is 29.5 Å². The average Bonchev–Trinajstić information content (AvgIpc) is 2.87. The first-order valence-electron chi connectivity index (χ1n) is 8.39. The molecule has 8 heteroatoms. The molecule has 1 aromatic rings. The van der Waals surface area contributed by atoms with Crippen LogP contribution < -0.4 is 10.2 Å². The van der Waals surface area contributed by atoms with Gasteiger partial charge in [0.1, 0.15) is 17.3 Å². The number of aromatic nitrogens is 2. The Bertz CT molecular complexity index is 705. The Hall–Kier alpha value is -1.70. The van der Waals surface area contributed by atoms with Crippen molar-refractivity contribution in [1.82, 2.24) is 15.3 Å². The number of carbonyl (C=O) groups excluding carboxylic acids is 1.